The Morgan fingerprint density at radius 2 is 2.24 bits per heavy atom. The summed E-state index contributed by atoms with van der Waals surface area (Å²) < 4.78 is 8.93. The molecule has 0 amide bonds. The molecule has 0 radical (unpaired) electrons. The van der Waals surface area contributed by atoms with Gasteiger partial charge in [0.15, 0.2) is 0 Å². The highest BCUT2D eigenvalue weighted by molar-refractivity contribution is 5.47. The molecule has 21 heavy (non-hydrogen) atoms. The van der Waals surface area contributed by atoms with Gasteiger partial charge in [0.05, 0.1) is 37.3 Å². The molecule has 106 valence electrons. The van der Waals surface area contributed by atoms with E-state index in [4.69, 9.17) is 4.74 Å². The third-order valence-electron chi connectivity index (χ3n) is 3.79. The van der Waals surface area contributed by atoms with Crippen LogP contribution in [0, 0.1) is 0 Å². The van der Waals surface area contributed by atoms with Crippen LogP contribution in [0.15, 0.2) is 41.8 Å². The van der Waals surface area contributed by atoms with Crippen LogP contribution in [0.4, 0.5) is 0 Å². The van der Waals surface area contributed by atoms with Gasteiger partial charge in [0.25, 0.3) is 5.56 Å². The average molecular weight is 282 g/mol. The van der Waals surface area contributed by atoms with Crippen molar-refractivity contribution in [1.82, 2.24) is 18.9 Å². The van der Waals surface area contributed by atoms with Crippen molar-refractivity contribution in [2.45, 2.75) is 19.6 Å². The first-order valence-electron chi connectivity index (χ1n) is 6.88. The van der Waals surface area contributed by atoms with E-state index in [1.165, 1.54) is 0 Å². The predicted octanol–water partition coefficient (Wildman–Crippen LogP) is 1.01. The van der Waals surface area contributed by atoms with Crippen molar-refractivity contribution in [2.75, 3.05) is 6.61 Å². The molecule has 0 fully saturated rings. The van der Waals surface area contributed by atoms with Crippen LogP contribution in [0.3, 0.4) is 0 Å². The van der Waals surface area contributed by atoms with Gasteiger partial charge in [-0.3, -0.25) is 9.36 Å². The van der Waals surface area contributed by atoms with Crippen LogP contribution in [0.5, 0.6) is 0 Å². The molecule has 6 nitrogen and oxygen atoms in total. The number of hydrogen-bond acceptors (Lipinski definition) is 4. The first-order valence-corrected chi connectivity index (χ1v) is 6.88. The van der Waals surface area contributed by atoms with E-state index in [1.54, 1.807) is 17.1 Å². The van der Waals surface area contributed by atoms with E-state index >= 15 is 0 Å². The lowest BCUT2D eigenvalue weighted by Crippen LogP contribution is -2.30. The summed E-state index contributed by atoms with van der Waals surface area (Å²) in [6.45, 7) is 1.45. The van der Waals surface area contributed by atoms with Gasteiger partial charge < -0.3 is 9.14 Å². The van der Waals surface area contributed by atoms with Crippen molar-refractivity contribution in [3.63, 3.8) is 0 Å². The minimum Gasteiger partial charge on any atom is -0.376 e. The van der Waals surface area contributed by atoms with Crippen molar-refractivity contribution in [2.24, 2.45) is 0 Å². The fourth-order valence-corrected chi connectivity index (χ4v) is 2.70. The number of aromatic nitrogens is 4. The summed E-state index contributed by atoms with van der Waals surface area (Å²) in [5, 5.41) is 0. The fraction of sp³-hybridized carbons (Fsp3) is 0.267. The third kappa shape index (κ3) is 2.04. The molecule has 1 aliphatic heterocycles. The molecule has 6 heteroatoms. The van der Waals surface area contributed by atoms with Crippen molar-refractivity contribution in [3.8, 4) is 0 Å². The molecule has 0 saturated heterocycles. The maximum Gasteiger partial charge on any atom is 0.259 e. The SMILES string of the molecule is O=c1c2c(ncn1Cc1cccn3ccnc13)CCOC2. The molecule has 0 bridgehead atoms. The lowest BCUT2D eigenvalue weighted by molar-refractivity contribution is 0.107. The highest BCUT2D eigenvalue weighted by Gasteiger charge is 2.16. The quantitative estimate of drug-likeness (QED) is 0.704. The van der Waals surface area contributed by atoms with Crippen LogP contribution in [0.25, 0.3) is 5.65 Å². The zero-order valence-electron chi connectivity index (χ0n) is 11.4. The van der Waals surface area contributed by atoms with E-state index < -0.39 is 0 Å². The Hall–Kier alpha value is -2.47. The van der Waals surface area contributed by atoms with Gasteiger partial charge in [-0.25, -0.2) is 9.97 Å². The first-order chi connectivity index (χ1) is 10.3. The molecule has 0 aliphatic carbocycles. The lowest BCUT2D eigenvalue weighted by Gasteiger charge is -2.16. The van der Waals surface area contributed by atoms with E-state index in [0.717, 1.165) is 16.9 Å². The Labute approximate surface area is 120 Å². The monoisotopic (exact) mass is 282 g/mol. The molecule has 0 aromatic carbocycles. The molecule has 0 atom stereocenters. The van der Waals surface area contributed by atoms with Crippen LogP contribution in [-0.2, 0) is 24.3 Å². The van der Waals surface area contributed by atoms with Crippen molar-refractivity contribution in [3.05, 3.63) is 64.2 Å². The molecular formula is C15H14N4O2. The number of fused-ring (bicyclic) bond motifs is 2. The first kappa shape index (κ1) is 12.3. The largest absolute Gasteiger partial charge is 0.376 e. The normalized spacial score (nSPS) is 14.3. The van der Waals surface area contributed by atoms with Gasteiger partial charge in [-0.2, -0.15) is 0 Å². The van der Waals surface area contributed by atoms with Crippen LogP contribution < -0.4 is 5.56 Å². The van der Waals surface area contributed by atoms with E-state index in [2.05, 4.69) is 9.97 Å². The predicted molar refractivity (Wildman–Crippen MR) is 76.2 cm³/mol. The smallest absolute Gasteiger partial charge is 0.259 e. The van der Waals surface area contributed by atoms with E-state index in [1.807, 2.05) is 28.9 Å². The number of pyridine rings is 1. The number of hydrogen-bond donors (Lipinski definition) is 0. The molecule has 0 N–H and O–H groups in total. The van der Waals surface area contributed by atoms with Crippen molar-refractivity contribution >= 4 is 5.65 Å². The highest BCUT2D eigenvalue weighted by atomic mass is 16.5. The Balaban J connectivity index is 1.78. The Morgan fingerprint density at radius 1 is 1.29 bits per heavy atom. The molecule has 0 spiro atoms. The van der Waals surface area contributed by atoms with E-state index in [0.29, 0.717) is 31.7 Å². The lowest BCUT2D eigenvalue weighted by atomic mass is 10.1. The molecule has 3 aromatic heterocycles. The number of rotatable bonds is 2. The Kier molecular flexibility index (Phi) is 2.82. The molecular weight excluding hydrogens is 268 g/mol. The van der Waals surface area contributed by atoms with Gasteiger partial charge >= 0.3 is 0 Å². The van der Waals surface area contributed by atoms with Gasteiger partial charge in [-0.1, -0.05) is 6.07 Å². The summed E-state index contributed by atoms with van der Waals surface area (Å²) >= 11 is 0. The van der Waals surface area contributed by atoms with Gasteiger partial charge in [-0.15, -0.1) is 0 Å². The van der Waals surface area contributed by atoms with Gasteiger partial charge in [0.2, 0.25) is 0 Å². The average Bonchev–Trinajstić information content (AvgIpc) is 3.00. The van der Waals surface area contributed by atoms with Gasteiger partial charge in [0.1, 0.15) is 5.65 Å². The van der Waals surface area contributed by atoms with Crippen LogP contribution in [-0.4, -0.2) is 25.5 Å². The fourth-order valence-electron chi connectivity index (χ4n) is 2.70. The number of ether oxygens (including phenoxy) is 1. The number of imidazole rings is 1. The zero-order chi connectivity index (χ0) is 14.2. The summed E-state index contributed by atoms with van der Waals surface area (Å²) in [6, 6.07) is 3.93. The highest BCUT2D eigenvalue weighted by Crippen LogP contribution is 2.12. The molecule has 3 aromatic rings. The Bertz CT molecular complexity index is 865. The van der Waals surface area contributed by atoms with Crippen LogP contribution in [0.1, 0.15) is 16.8 Å². The van der Waals surface area contributed by atoms with Gasteiger partial charge in [0, 0.05) is 30.6 Å². The maximum atomic E-state index is 12.5. The third-order valence-corrected chi connectivity index (χ3v) is 3.79. The van der Waals surface area contributed by atoms with Crippen LogP contribution in [0.2, 0.25) is 0 Å². The molecule has 4 rings (SSSR count). The van der Waals surface area contributed by atoms with E-state index in [-0.39, 0.29) is 5.56 Å². The molecule has 0 unspecified atom stereocenters. The summed E-state index contributed by atoms with van der Waals surface area (Å²) in [5.41, 5.74) is 3.37. The Morgan fingerprint density at radius 3 is 3.19 bits per heavy atom. The summed E-state index contributed by atoms with van der Waals surface area (Å²) in [6.07, 6.45) is 7.91. The minimum absolute atomic E-state index is 0.0201. The molecule has 4 heterocycles. The minimum atomic E-state index is -0.0201. The van der Waals surface area contributed by atoms with E-state index in [9.17, 15) is 4.79 Å². The summed E-state index contributed by atoms with van der Waals surface area (Å²) in [5.74, 6) is 0. The number of nitrogens with zero attached hydrogens (tertiary/aromatic N) is 4. The van der Waals surface area contributed by atoms with Crippen LogP contribution >= 0.6 is 0 Å². The topological polar surface area (TPSA) is 61.4 Å². The molecule has 1 aliphatic rings. The second-order valence-corrected chi connectivity index (χ2v) is 5.10. The maximum absolute atomic E-state index is 12.5. The molecule has 0 saturated carbocycles. The zero-order valence-corrected chi connectivity index (χ0v) is 11.4. The van der Waals surface area contributed by atoms with Crippen molar-refractivity contribution < 1.29 is 4.74 Å². The summed E-state index contributed by atoms with van der Waals surface area (Å²) in [7, 11) is 0. The standard InChI is InChI=1S/C15H14N4O2/c20-15-12-9-21-7-3-13(12)17-10-19(15)8-11-2-1-5-18-6-4-16-14(11)18/h1-2,4-6,10H,3,7-9H2. The second kappa shape index (κ2) is 4.82. The second-order valence-electron chi connectivity index (χ2n) is 5.10. The summed E-state index contributed by atoms with van der Waals surface area (Å²) in [4.78, 5) is 21.2. The van der Waals surface area contributed by atoms with Gasteiger partial charge in [-0.05, 0) is 6.07 Å². The van der Waals surface area contributed by atoms with Crippen molar-refractivity contribution in [1.29, 1.82) is 0 Å².